The summed E-state index contributed by atoms with van der Waals surface area (Å²) >= 11 is 0. The number of morpholine rings is 1. The standard InChI is InChI=1S/C27H26N4O3/c1-19-7-12-23-25(24(17-28-26(23)29-19)27(32)31-13-15-33-16-14-31)30-21-8-10-22(11-9-21)34-18-20-5-3-2-4-6-20/h2-12,17H,13-16,18H2,1H3,(H,28,29,30). The molecule has 1 fully saturated rings. The minimum absolute atomic E-state index is 0.0661. The Labute approximate surface area is 198 Å². The molecule has 2 aromatic heterocycles. The van der Waals surface area contributed by atoms with E-state index in [9.17, 15) is 4.79 Å². The Hall–Kier alpha value is -3.97. The van der Waals surface area contributed by atoms with Gasteiger partial charge in [0.15, 0.2) is 5.65 Å². The maximum atomic E-state index is 13.3. The van der Waals surface area contributed by atoms with E-state index < -0.39 is 0 Å². The van der Waals surface area contributed by atoms with Crippen LogP contribution in [0, 0.1) is 6.92 Å². The van der Waals surface area contributed by atoms with Gasteiger partial charge in [0.05, 0.1) is 24.5 Å². The summed E-state index contributed by atoms with van der Waals surface area (Å²) in [6, 6.07) is 21.7. The maximum Gasteiger partial charge on any atom is 0.257 e. The van der Waals surface area contributed by atoms with Crippen LogP contribution >= 0.6 is 0 Å². The third-order valence-electron chi connectivity index (χ3n) is 5.77. The molecule has 0 radical (unpaired) electrons. The van der Waals surface area contributed by atoms with Gasteiger partial charge < -0.3 is 19.7 Å². The SMILES string of the molecule is Cc1ccc2c(Nc3ccc(OCc4ccccc4)cc3)c(C(=O)N3CCOCC3)cnc2n1. The number of fused-ring (bicyclic) bond motifs is 1. The first kappa shape index (κ1) is 21.9. The Bertz CT molecular complexity index is 1290. The summed E-state index contributed by atoms with van der Waals surface area (Å²) in [5.74, 6) is 0.708. The average molecular weight is 455 g/mol. The van der Waals surface area contributed by atoms with Crippen molar-refractivity contribution in [2.75, 3.05) is 31.6 Å². The molecule has 2 aromatic carbocycles. The van der Waals surface area contributed by atoms with Gasteiger partial charge in [-0.05, 0) is 48.9 Å². The number of amides is 1. The third kappa shape index (κ3) is 4.84. The van der Waals surface area contributed by atoms with Crippen molar-refractivity contribution in [1.82, 2.24) is 14.9 Å². The third-order valence-corrected chi connectivity index (χ3v) is 5.77. The zero-order valence-electron chi connectivity index (χ0n) is 19.0. The molecule has 0 aliphatic carbocycles. The smallest absolute Gasteiger partial charge is 0.257 e. The molecular weight excluding hydrogens is 428 g/mol. The van der Waals surface area contributed by atoms with Gasteiger partial charge >= 0.3 is 0 Å². The number of nitrogens with one attached hydrogen (secondary N) is 1. The van der Waals surface area contributed by atoms with E-state index in [-0.39, 0.29) is 5.91 Å². The van der Waals surface area contributed by atoms with Crippen molar-refractivity contribution in [1.29, 1.82) is 0 Å². The molecule has 172 valence electrons. The molecule has 34 heavy (non-hydrogen) atoms. The number of aryl methyl sites for hydroxylation is 1. The zero-order chi connectivity index (χ0) is 23.3. The lowest BCUT2D eigenvalue weighted by Crippen LogP contribution is -2.41. The summed E-state index contributed by atoms with van der Waals surface area (Å²) in [6.45, 7) is 4.65. The van der Waals surface area contributed by atoms with E-state index in [4.69, 9.17) is 9.47 Å². The van der Waals surface area contributed by atoms with Crippen molar-refractivity contribution in [3.05, 3.63) is 89.7 Å². The van der Waals surface area contributed by atoms with E-state index in [0.29, 0.717) is 49.8 Å². The van der Waals surface area contributed by atoms with Gasteiger partial charge in [-0.3, -0.25) is 4.79 Å². The van der Waals surface area contributed by atoms with Crippen LogP contribution in [-0.2, 0) is 11.3 Å². The Balaban J connectivity index is 1.41. The van der Waals surface area contributed by atoms with Crippen LogP contribution in [0.5, 0.6) is 5.75 Å². The molecule has 7 heteroatoms. The number of hydrogen-bond donors (Lipinski definition) is 1. The summed E-state index contributed by atoms with van der Waals surface area (Å²) in [7, 11) is 0. The molecule has 0 spiro atoms. The molecule has 1 amide bonds. The van der Waals surface area contributed by atoms with E-state index in [0.717, 1.165) is 28.1 Å². The van der Waals surface area contributed by atoms with Crippen LogP contribution in [0.3, 0.4) is 0 Å². The van der Waals surface area contributed by atoms with Gasteiger partial charge in [-0.1, -0.05) is 30.3 Å². The quantitative estimate of drug-likeness (QED) is 0.454. The molecule has 1 N–H and O–H groups in total. The Kier molecular flexibility index (Phi) is 6.35. The number of ether oxygens (including phenoxy) is 2. The number of aromatic nitrogens is 2. The first-order valence-corrected chi connectivity index (χ1v) is 11.3. The van der Waals surface area contributed by atoms with E-state index in [1.165, 1.54) is 0 Å². The van der Waals surface area contributed by atoms with Gasteiger partial charge in [0.1, 0.15) is 12.4 Å². The van der Waals surface area contributed by atoms with E-state index >= 15 is 0 Å². The van der Waals surface area contributed by atoms with Crippen molar-refractivity contribution < 1.29 is 14.3 Å². The van der Waals surface area contributed by atoms with Gasteiger partial charge in [0.2, 0.25) is 0 Å². The van der Waals surface area contributed by atoms with Crippen LogP contribution in [0.15, 0.2) is 72.9 Å². The highest BCUT2D eigenvalue weighted by Crippen LogP contribution is 2.30. The van der Waals surface area contributed by atoms with Gasteiger partial charge in [-0.25, -0.2) is 9.97 Å². The fourth-order valence-electron chi connectivity index (χ4n) is 3.93. The molecule has 1 aliphatic heterocycles. The average Bonchev–Trinajstić information content (AvgIpc) is 2.89. The summed E-state index contributed by atoms with van der Waals surface area (Å²) in [5, 5.41) is 4.24. The molecule has 7 nitrogen and oxygen atoms in total. The van der Waals surface area contributed by atoms with Gasteiger partial charge in [0.25, 0.3) is 5.91 Å². The molecule has 0 unspecified atom stereocenters. The minimum atomic E-state index is -0.0661. The normalized spacial score (nSPS) is 13.6. The predicted molar refractivity (Wildman–Crippen MR) is 131 cm³/mol. The number of pyridine rings is 2. The molecule has 0 saturated carbocycles. The second-order valence-corrected chi connectivity index (χ2v) is 8.20. The minimum Gasteiger partial charge on any atom is -0.489 e. The number of anilines is 2. The first-order chi connectivity index (χ1) is 16.7. The summed E-state index contributed by atoms with van der Waals surface area (Å²) < 4.78 is 11.3. The highest BCUT2D eigenvalue weighted by molar-refractivity contribution is 6.07. The largest absolute Gasteiger partial charge is 0.489 e. The lowest BCUT2D eigenvalue weighted by molar-refractivity contribution is 0.0303. The monoisotopic (exact) mass is 454 g/mol. The fraction of sp³-hybridized carbons (Fsp3) is 0.222. The highest BCUT2D eigenvalue weighted by atomic mass is 16.5. The van der Waals surface area contributed by atoms with Crippen molar-refractivity contribution in [3.8, 4) is 5.75 Å². The Morgan fingerprint density at radius 3 is 2.56 bits per heavy atom. The van der Waals surface area contributed by atoms with Gasteiger partial charge in [-0.2, -0.15) is 0 Å². The van der Waals surface area contributed by atoms with E-state index in [1.54, 1.807) is 11.1 Å². The van der Waals surface area contributed by atoms with E-state index in [2.05, 4.69) is 15.3 Å². The topological polar surface area (TPSA) is 76.6 Å². The number of nitrogens with zero attached hydrogens (tertiary/aromatic N) is 3. The maximum absolute atomic E-state index is 13.3. The van der Waals surface area contributed by atoms with Crippen LogP contribution < -0.4 is 10.1 Å². The van der Waals surface area contributed by atoms with Crippen LogP contribution in [0.4, 0.5) is 11.4 Å². The van der Waals surface area contributed by atoms with Gasteiger partial charge in [0, 0.05) is 36.1 Å². The van der Waals surface area contributed by atoms with Crippen molar-refractivity contribution >= 4 is 28.3 Å². The molecule has 3 heterocycles. The van der Waals surface area contributed by atoms with E-state index in [1.807, 2.05) is 73.7 Å². The molecule has 4 aromatic rings. The summed E-state index contributed by atoms with van der Waals surface area (Å²) in [4.78, 5) is 24.2. The summed E-state index contributed by atoms with van der Waals surface area (Å²) in [5.41, 5.74) is 4.65. The number of benzene rings is 2. The first-order valence-electron chi connectivity index (χ1n) is 11.3. The fourth-order valence-corrected chi connectivity index (χ4v) is 3.93. The highest BCUT2D eigenvalue weighted by Gasteiger charge is 2.23. The number of hydrogen-bond acceptors (Lipinski definition) is 6. The van der Waals surface area contributed by atoms with Crippen molar-refractivity contribution in [3.63, 3.8) is 0 Å². The molecule has 1 saturated heterocycles. The zero-order valence-corrected chi connectivity index (χ0v) is 19.0. The predicted octanol–water partition coefficient (Wildman–Crippen LogP) is 4.73. The molecule has 0 atom stereocenters. The molecule has 0 bridgehead atoms. The molecule has 5 rings (SSSR count). The van der Waals surface area contributed by atoms with Crippen molar-refractivity contribution in [2.24, 2.45) is 0 Å². The Morgan fingerprint density at radius 2 is 1.79 bits per heavy atom. The van der Waals surface area contributed by atoms with Crippen LogP contribution in [0.25, 0.3) is 11.0 Å². The Morgan fingerprint density at radius 1 is 1.03 bits per heavy atom. The number of rotatable bonds is 6. The van der Waals surface area contributed by atoms with Crippen molar-refractivity contribution in [2.45, 2.75) is 13.5 Å². The second kappa shape index (κ2) is 9.89. The lowest BCUT2D eigenvalue weighted by Gasteiger charge is -2.27. The van der Waals surface area contributed by atoms with Crippen LogP contribution in [-0.4, -0.2) is 47.1 Å². The number of carbonyl (C=O) groups excluding carboxylic acids is 1. The summed E-state index contributed by atoms with van der Waals surface area (Å²) in [6.07, 6.45) is 1.62. The second-order valence-electron chi connectivity index (χ2n) is 8.20. The van der Waals surface area contributed by atoms with Crippen LogP contribution in [0.2, 0.25) is 0 Å². The number of carbonyl (C=O) groups is 1. The lowest BCUT2D eigenvalue weighted by atomic mass is 10.1. The molecule has 1 aliphatic rings. The molecular formula is C27H26N4O3. The van der Waals surface area contributed by atoms with Gasteiger partial charge in [-0.15, -0.1) is 0 Å². The van der Waals surface area contributed by atoms with Crippen LogP contribution in [0.1, 0.15) is 21.6 Å².